The summed E-state index contributed by atoms with van der Waals surface area (Å²) in [6.07, 6.45) is 11.3. The first-order chi connectivity index (χ1) is 8.55. The van der Waals surface area contributed by atoms with Gasteiger partial charge in [-0.1, -0.05) is 46.5 Å². The van der Waals surface area contributed by atoms with Crippen LogP contribution in [-0.4, -0.2) is 10.7 Å². The molecule has 4 unspecified atom stereocenters. The average molecular weight is 252 g/mol. The Balaban J connectivity index is 2.00. The Bertz CT molecular complexity index is 260. The van der Waals surface area contributed by atoms with Gasteiger partial charge in [-0.25, -0.2) is 0 Å². The molecule has 0 aromatic rings. The van der Waals surface area contributed by atoms with E-state index in [9.17, 15) is 5.11 Å². The summed E-state index contributed by atoms with van der Waals surface area (Å²) in [5, 5.41) is 11.1. The molecular weight excluding hydrogens is 220 g/mol. The molecule has 1 nitrogen and oxygen atoms in total. The van der Waals surface area contributed by atoms with Crippen molar-refractivity contribution < 1.29 is 5.11 Å². The van der Waals surface area contributed by atoms with Crippen molar-refractivity contribution in [2.75, 3.05) is 0 Å². The van der Waals surface area contributed by atoms with Crippen LogP contribution in [0, 0.1) is 23.7 Å². The van der Waals surface area contributed by atoms with Crippen LogP contribution in [0.15, 0.2) is 0 Å². The minimum absolute atomic E-state index is 0.318. The van der Waals surface area contributed by atoms with E-state index in [0.717, 1.165) is 30.6 Å². The van der Waals surface area contributed by atoms with E-state index in [-0.39, 0.29) is 5.60 Å². The van der Waals surface area contributed by atoms with E-state index in [1.807, 2.05) is 0 Å². The molecule has 2 aliphatic carbocycles. The lowest BCUT2D eigenvalue weighted by Gasteiger charge is -2.46. The second-order valence-electron chi connectivity index (χ2n) is 7.34. The molecule has 2 rings (SSSR count). The van der Waals surface area contributed by atoms with Gasteiger partial charge in [-0.05, 0) is 55.8 Å². The highest BCUT2D eigenvalue weighted by Crippen LogP contribution is 2.46. The van der Waals surface area contributed by atoms with Gasteiger partial charge in [-0.2, -0.15) is 0 Å². The molecule has 2 fully saturated rings. The highest BCUT2D eigenvalue weighted by molar-refractivity contribution is 4.94. The maximum absolute atomic E-state index is 11.1. The van der Waals surface area contributed by atoms with E-state index < -0.39 is 0 Å². The summed E-state index contributed by atoms with van der Waals surface area (Å²) < 4.78 is 0. The zero-order valence-electron chi connectivity index (χ0n) is 12.6. The Morgan fingerprint density at radius 3 is 2.61 bits per heavy atom. The third-order valence-corrected chi connectivity index (χ3v) is 5.86. The van der Waals surface area contributed by atoms with Crippen LogP contribution in [0.25, 0.3) is 0 Å². The first-order valence-electron chi connectivity index (χ1n) is 8.27. The molecule has 2 saturated carbocycles. The standard InChI is InChI=1S/C17H32O/c1-4-14-7-5-9-16(11-14)17(18)10-6-8-15(12-17)13(2)3/h13-16,18H,4-12H2,1-3H3. The zero-order valence-corrected chi connectivity index (χ0v) is 12.6. The fraction of sp³-hybridized carbons (Fsp3) is 1.00. The Morgan fingerprint density at radius 2 is 1.94 bits per heavy atom. The van der Waals surface area contributed by atoms with Gasteiger partial charge < -0.3 is 5.11 Å². The van der Waals surface area contributed by atoms with E-state index in [1.54, 1.807) is 0 Å². The smallest absolute Gasteiger partial charge is 0.0678 e. The Labute approximate surface area is 113 Å². The van der Waals surface area contributed by atoms with Crippen LogP contribution in [-0.2, 0) is 0 Å². The highest BCUT2D eigenvalue weighted by atomic mass is 16.3. The molecule has 0 heterocycles. The monoisotopic (exact) mass is 252 g/mol. The minimum atomic E-state index is -0.318. The predicted octanol–water partition coefficient (Wildman–Crippen LogP) is 4.78. The van der Waals surface area contributed by atoms with Crippen molar-refractivity contribution in [3.8, 4) is 0 Å². The molecule has 1 heteroatoms. The molecule has 0 radical (unpaired) electrons. The zero-order chi connectivity index (χ0) is 13.2. The van der Waals surface area contributed by atoms with Crippen molar-refractivity contribution >= 4 is 0 Å². The molecule has 0 bridgehead atoms. The second kappa shape index (κ2) is 5.94. The number of hydrogen-bond donors (Lipinski definition) is 1. The topological polar surface area (TPSA) is 20.2 Å². The summed E-state index contributed by atoms with van der Waals surface area (Å²) in [7, 11) is 0. The summed E-state index contributed by atoms with van der Waals surface area (Å²) in [5.74, 6) is 2.97. The molecule has 4 atom stereocenters. The van der Waals surface area contributed by atoms with Crippen LogP contribution in [0.3, 0.4) is 0 Å². The number of aliphatic hydroxyl groups is 1. The van der Waals surface area contributed by atoms with E-state index in [1.165, 1.54) is 44.9 Å². The average Bonchev–Trinajstić information content (AvgIpc) is 2.39. The van der Waals surface area contributed by atoms with Crippen molar-refractivity contribution in [3.63, 3.8) is 0 Å². The van der Waals surface area contributed by atoms with Crippen LogP contribution < -0.4 is 0 Å². The van der Waals surface area contributed by atoms with Gasteiger partial charge in [0.15, 0.2) is 0 Å². The third kappa shape index (κ3) is 3.10. The highest BCUT2D eigenvalue weighted by Gasteiger charge is 2.42. The second-order valence-corrected chi connectivity index (χ2v) is 7.34. The largest absolute Gasteiger partial charge is 0.390 e. The Morgan fingerprint density at radius 1 is 1.17 bits per heavy atom. The molecule has 0 spiro atoms. The number of hydrogen-bond acceptors (Lipinski definition) is 1. The molecule has 0 aromatic heterocycles. The third-order valence-electron chi connectivity index (χ3n) is 5.86. The lowest BCUT2D eigenvalue weighted by atomic mass is 9.63. The van der Waals surface area contributed by atoms with Gasteiger partial charge in [0, 0.05) is 0 Å². The summed E-state index contributed by atoms with van der Waals surface area (Å²) in [6, 6.07) is 0. The van der Waals surface area contributed by atoms with E-state index >= 15 is 0 Å². The van der Waals surface area contributed by atoms with Crippen molar-refractivity contribution in [3.05, 3.63) is 0 Å². The van der Waals surface area contributed by atoms with Gasteiger partial charge in [0.25, 0.3) is 0 Å². The molecule has 0 aromatic carbocycles. The summed E-state index contributed by atoms with van der Waals surface area (Å²) in [4.78, 5) is 0. The van der Waals surface area contributed by atoms with Gasteiger partial charge in [0.05, 0.1) is 5.60 Å². The first kappa shape index (κ1) is 14.4. The lowest BCUT2D eigenvalue weighted by molar-refractivity contribution is -0.0876. The van der Waals surface area contributed by atoms with Crippen molar-refractivity contribution in [2.24, 2.45) is 23.7 Å². The summed E-state index contributed by atoms with van der Waals surface area (Å²) in [5.41, 5.74) is -0.318. The molecule has 0 saturated heterocycles. The first-order valence-corrected chi connectivity index (χ1v) is 8.27. The molecule has 0 aliphatic heterocycles. The van der Waals surface area contributed by atoms with Crippen LogP contribution in [0.1, 0.15) is 78.6 Å². The lowest BCUT2D eigenvalue weighted by Crippen LogP contribution is -2.45. The molecule has 106 valence electrons. The molecular formula is C17H32O. The van der Waals surface area contributed by atoms with E-state index in [0.29, 0.717) is 5.92 Å². The molecule has 18 heavy (non-hydrogen) atoms. The molecule has 1 N–H and O–H groups in total. The van der Waals surface area contributed by atoms with Gasteiger partial charge in [0.2, 0.25) is 0 Å². The van der Waals surface area contributed by atoms with Gasteiger partial charge >= 0.3 is 0 Å². The van der Waals surface area contributed by atoms with Crippen LogP contribution in [0.2, 0.25) is 0 Å². The fourth-order valence-electron chi connectivity index (χ4n) is 4.42. The molecule has 0 amide bonds. The van der Waals surface area contributed by atoms with Crippen LogP contribution >= 0.6 is 0 Å². The maximum Gasteiger partial charge on any atom is 0.0678 e. The quantitative estimate of drug-likeness (QED) is 0.766. The van der Waals surface area contributed by atoms with Crippen LogP contribution in [0.5, 0.6) is 0 Å². The Hall–Kier alpha value is -0.0400. The fourth-order valence-corrected chi connectivity index (χ4v) is 4.42. The number of rotatable bonds is 3. The van der Waals surface area contributed by atoms with Crippen molar-refractivity contribution in [1.82, 2.24) is 0 Å². The van der Waals surface area contributed by atoms with Gasteiger partial charge in [-0.15, -0.1) is 0 Å². The van der Waals surface area contributed by atoms with Crippen molar-refractivity contribution in [1.29, 1.82) is 0 Å². The van der Waals surface area contributed by atoms with E-state index in [4.69, 9.17) is 0 Å². The SMILES string of the molecule is CCC1CCCC(C2(O)CCCC(C(C)C)C2)C1. The minimum Gasteiger partial charge on any atom is -0.390 e. The summed E-state index contributed by atoms with van der Waals surface area (Å²) >= 11 is 0. The molecule has 2 aliphatic rings. The van der Waals surface area contributed by atoms with Gasteiger partial charge in [-0.3, -0.25) is 0 Å². The Kier molecular flexibility index (Phi) is 4.75. The van der Waals surface area contributed by atoms with Gasteiger partial charge in [0.1, 0.15) is 0 Å². The normalized spacial score (nSPS) is 42.2. The summed E-state index contributed by atoms with van der Waals surface area (Å²) in [6.45, 7) is 6.97. The van der Waals surface area contributed by atoms with Crippen LogP contribution in [0.4, 0.5) is 0 Å². The maximum atomic E-state index is 11.1. The predicted molar refractivity (Wildman–Crippen MR) is 77.5 cm³/mol. The van der Waals surface area contributed by atoms with Crippen molar-refractivity contribution in [2.45, 2.75) is 84.2 Å². The van der Waals surface area contributed by atoms with E-state index in [2.05, 4.69) is 20.8 Å².